The van der Waals surface area contributed by atoms with Gasteiger partial charge in [-0.05, 0) is 96.2 Å². The fourth-order valence-electron chi connectivity index (χ4n) is 8.34. The number of allylic oxidation sites excluding steroid dienone is 3. The molecule has 44 heavy (non-hydrogen) atoms. The van der Waals surface area contributed by atoms with Gasteiger partial charge < -0.3 is 4.90 Å². The minimum atomic E-state index is 0.869. The van der Waals surface area contributed by atoms with E-state index < -0.39 is 0 Å². The van der Waals surface area contributed by atoms with E-state index in [-0.39, 0.29) is 0 Å². The van der Waals surface area contributed by atoms with Gasteiger partial charge in [0.1, 0.15) is 0 Å². The monoisotopic (exact) mass is 610 g/mol. The van der Waals surface area contributed by atoms with E-state index in [9.17, 15) is 0 Å². The first-order valence-electron chi connectivity index (χ1n) is 20.1. The lowest BCUT2D eigenvalue weighted by Gasteiger charge is -2.22. The first-order valence-corrected chi connectivity index (χ1v) is 20.1. The van der Waals surface area contributed by atoms with Crippen molar-refractivity contribution in [1.29, 1.82) is 0 Å². The van der Waals surface area contributed by atoms with Gasteiger partial charge in [-0.3, -0.25) is 0 Å². The summed E-state index contributed by atoms with van der Waals surface area (Å²) in [4.78, 5) is 2.31. The predicted octanol–water partition coefficient (Wildman–Crippen LogP) is 14.2. The molecule has 1 heteroatoms. The number of nitrogens with zero attached hydrogens (tertiary/aromatic N) is 1. The molecule has 2 aliphatic carbocycles. The highest BCUT2D eigenvalue weighted by Crippen LogP contribution is 2.31. The van der Waals surface area contributed by atoms with Crippen LogP contribution < -0.4 is 0 Å². The Balaban J connectivity index is 1.52. The second-order valence-corrected chi connectivity index (χ2v) is 16.0. The summed E-state index contributed by atoms with van der Waals surface area (Å²) in [5.41, 5.74) is 4.60. The van der Waals surface area contributed by atoms with Crippen molar-refractivity contribution in [3.05, 3.63) is 36.5 Å². The first kappa shape index (κ1) is 39.4. The van der Waals surface area contributed by atoms with Gasteiger partial charge in [-0.1, -0.05) is 178 Å². The Labute approximate surface area is 278 Å². The Morgan fingerprint density at radius 1 is 0.500 bits per heavy atom. The van der Waals surface area contributed by atoms with Gasteiger partial charge >= 0.3 is 0 Å². The van der Waals surface area contributed by atoms with E-state index >= 15 is 0 Å². The minimum absolute atomic E-state index is 0.869. The molecule has 0 atom stereocenters. The molecule has 2 aliphatic rings. The third-order valence-corrected chi connectivity index (χ3v) is 11.1. The van der Waals surface area contributed by atoms with Crippen LogP contribution in [0.4, 0.5) is 0 Å². The van der Waals surface area contributed by atoms with Crippen molar-refractivity contribution in [3.63, 3.8) is 0 Å². The lowest BCUT2D eigenvalue weighted by molar-refractivity contribution is 0.353. The van der Waals surface area contributed by atoms with Crippen LogP contribution in [0.25, 0.3) is 0 Å². The van der Waals surface area contributed by atoms with Gasteiger partial charge in [0.05, 0.1) is 0 Å². The number of rotatable bonds is 28. The van der Waals surface area contributed by atoms with Crippen LogP contribution in [0.5, 0.6) is 0 Å². The molecule has 0 aromatic rings. The molecule has 2 fully saturated rings. The predicted molar refractivity (Wildman–Crippen MR) is 200 cm³/mol. The summed E-state index contributed by atoms with van der Waals surface area (Å²) in [5.74, 6) is 2.78. The largest absolute Gasteiger partial charge is 0.309 e. The molecule has 0 N–H and O–H groups in total. The fraction of sp³-hybridized carbons (Fsp3) is 0.860. The molecule has 0 bridgehead atoms. The molecule has 2 saturated carbocycles. The molecule has 0 spiro atoms. The van der Waals surface area contributed by atoms with Crippen LogP contribution in [0.2, 0.25) is 0 Å². The van der Waals surface area contributed by atoms with Crippen LogP contribution in [0.1, 0.15) is 199 Å². The highest BCUT2D eigenvalue weighted by Gasteiger charge is 2.15. The molecule has 0 aromatic carbocycles. The van der Waals surface area contributed by atoms with Crippen molar-refractivity contribution in [3.8, 4) is 0 Å². The third-order valence-electron chi connectivity index (χ3n) is 11.1. The van der Waals surface area contributed by atoms with E-state index in [1.165, 1.54) is 211 Å². The highest BCUT2D eigenvalue weighted by molar-refractivity contribution is 4.97. The maximum absolute atomic E-state index is 4.52. The van der Waals surface area contributed by atoms with Crippen molar-refractivity contribution in [2.75, 3.05) is 20.6 Å². The van der Waals surface area contributed by atoms with Gasteiger partial charge in [0.15, 0.2) is 0 Å². The van der Waals surface area contributed by atoms with Gasteiger partial charge in [-0.2, -0.15) is 0 Å². The Morgan fingerprint density at radius 3 is 1.32 bits per heavy atom. The molecule has 0 radical (unpaired) electrons. The van der Waals surface area contributed by atoms with Crippen LogP contribution in [0.15, 0.2) is 36.5 Å². The fourth-order valence-corrected chi connectivity index (χ4v) is 8.34. The highest BCUT2D eigenvalue weighted by atomic mass is 15.0. The molecule has 0 amide bonds. The molecule has 2 rings (SSSR count). The molecular formula is C43H79N. The van der Waals surface area contributed by atoms with E-state index in [1.807, 2.05) is 0 Å². The maximum atomic E-state index is 4.52. The molecule has 256 valence electrons. The Kier molecular flexibility index (Phi) is 23.5. The van der Waals surface area contributed by atoms with Crippen LogP contribution in [-0.2, 0) is 0 Å². The van der Waals surface area contributed by atoms with Gasteiger partial charge in [0.25, 0.3) is 0 Å². The van der Waals surface area contributed by atoms with E-state index in [1.54, 1.807) is 11.1 Å². The summed E-state index contributed by atoms with van der Waals surface area (Å²) < 4.78 is 0. The zero-order valence-corrected chi connectivity index (χ0v) is 30.4. The van der Waals surface area contributed by atoms with Crippen LogP contribution in [0.3, 0.4) is 0 Å². The molecule has 0 heterocycles. The SMILES string of the molecule is C=C(CCCCCCCCC(CCCCCCCCC(=C)CC1CCCCC1)CC(=C)CCCN(C)C)CC1CCCCC1. The lowest BCUT2D eigenvalue weighted by Crippen LogP contribution is -2.13. The average molecular weight is 610 g/mol. The second kappa shape index (κ2) is 26.3. The van der Waals surface area contributed by atoms with Crippen molar-refractivity contribution in [1.82, 2.24) is 4.90 Å². The Morgan fingerprint density at radius 2 is 0.886 bits per heavy atom. The van der Waals surface area contributed by atoms with Crippen molar-refractivity contribution >= 4 is 0 Å². The molecule has 0 aromatic heterocycles. The normalized spacial score (nSPS) is 16.6. The molecular weight excluding hydrogens is 530 g/mol. The number of hydrogen-bond acceptors (Lipinski definition) is 1. The van der Waals surface area contributed by atoms with E-state index in [0.717, 1.165) is 17.8 Å². The van der Waals surface area contributed by atoms with Crippen molar-refractivity contribution < 1.29 is 0 Å². The van der Waals surface area contributed by atoms with E-state index in [4.69, 9.17) is 0 Å². The van der Waals surface area contributed by atoms with Crippen molar-refractivity contribution in [2.24, 2.45) is 17.8 Å². The van der Waals surface area contributed by atoms with Crippen molar-refractivity contribution in [2.45, 2.75) is 199 Å². The van der Waals surface area contributed by atoms with Gasteiger partial charge in [-0.25, -0.2) is 0 Å². The van der Waals surface area contributed by atoms with Crippen LogP contribution >= 0.6 is 0 Å². The number of unbranched alkanes of at least 4 members (excludes halogenated alkanes) is 10. The molecule has 0 aliphatic heterocycles. The lowest BCUT2D eigenvalue weighted by atomic mass is 9.84. The summed E-state index contributed by atoms with van der Waals surface area (Å²) in [7, 11) is 4.38. The Hall–Kier alpha value is -0.820. The summed E-state index contributed by atoms with van der Waals surface area (Å²) in [5, 5.41) is 0. The molecule has 0 unspecified atom stereocenters. The van der Waals surface area contributed by atoms with E-state index in [0.29, 0.717) is 0 Å². The van der Waals surface area contributed by atoms with Gasteiger partial charge in [0.2, 0.25) is 0 Å². The second-order valence-electron chi connectivity index (χ2n) is 16.0. The molecule has 1 nitrogen and oxygen atoms in total. The zero-order valence-electron chi connectivity index (χ0n) is 30.4. The quantitative estimate of drug-likeness (QED) is 0.0630. The summed E-state index contributed by atoms with van der Waals surface area (Å²) in [6, 6.07) is 0. The Bertz CT molecular complexity index is 671. The topological polar surface area (TPSA) is 3.24 Å². The molecule has 0 saturated heterocycles. The smallest absolute Gasteiger partial charge is 0.00218 e. The van der Waals surface area contributed by atoms with E-state index in [2.05, 4.69) is 38.7 Å². The first-order chi connectivity index (χ1) is 21.4. The summed E-state index contributed by atoms with van der Waals surface area (Å²) in [6.45, 7) is 14.6. The summed E-state index contributed by atoms with van der Waals surface area (Å²) in [6.07, 6.45) is 43.4. The van der Waals surface area contributed by atoms with Crippen LogP contribution in [0, 0.1) is 17.8 Å². The third kappa shape index (κ3) is 21.8. The maximum Gasteiger partial charge on any atom is -0.00218 e. The van der Waals surface area contributed by atoms with Crippen LogP contribution in [-0.4, -0.2) is 25.5 Å². The van der Waals surface area contributed by atoms with Gasteiger partial charge in [-0.15, -0.1) is 0 Å². The minimum Gasteiger partial charge on any atom is -0.309 e. The standard InChI is InChI=1S/C43H79N/c1-38(35-42-30-20-14-21-31-42)25-16-10-6-8-12-18-28-41(37-40(3)27-24-34-44(4)5)29-19-13-9-7-11-17-26-39(2)36-43-32-22-15-23-33-43/h41-43H,1-3,6-37H2,4-5H3. The summed E-state index contributed by atoms with van der Waals surface area (Å²) >= 11 is 0. The number of hydrogen-bond donors (Lipinski definition) is 0. The van der Waals surface area contributed by atoms with Gasteiger partial charge in [0, 0.05) is 0 Å². The zero-order chi connectivity index (χ0) is 31.7. The average Bonchev–Trinajstić information content (AvgIpc) is 3.00.